The average Bonchev–Trinajstić information content (AvgIpc) is 2.86. The fourth-order valence-corrected chi connectivity index (χ4v) is 2.94. The van der Waals surface area contributed by atoms with Crippen LogP contribution in [-0.2, 0) is 12.6 Å². The molecule has 5 heteroatoms. The summed E-state index contributed by atoms with van der Waals surface area (Å²) in [6.45, 7) is 2.30. The number of aliphatic hydroxyl groups is 1. The van der Waals surface area contributed by atoms with Crippen LogP contribution in [0.25, 0.3) is 0 Å². The van der Waals surface area contributed by atoms with Crippen LogP contribution < -0.4 is 5.32 Å². The van der Waals surface area contributed by atoms with Gasteiger partial charge in [0.25, 0.3) is 0 Å². The van der Waals surface area contributed by atoms with Gasteiger partial charge in [-0.1, -0.05) is 12.1 Å². The second-order valence-corrected chi connectivity index (χ2v) is 6.47. The van der Waals surface area contributed by atoms with Crippen molar-refractivity contribution in [1.29, 1.82) is 0 Å². The van der Waals surface area contributed by atoms with E-state index < -0.39 is 5.60 Å². The van der Waals surface area contributed by atoms with Gasteiger partial charge < -0.3 is 10.4 Å². The van der Waals surface area contributed by atoms with Gasteiger partial charge in [-0.2, -0.15) is 5.10 Å². The van der Waals surface area contributed by atoms with Crippen molar-refractivity contribution in [2.45, 2.75) is 37.3 Å². The van der Waals surface area contributed by atoms with Crippen molar-refractivity contribution >= 4 is 0 Å². The van der Waals surface area contributed by atoms with Crippen molar-refractivity contribution in [3.8, 4) is 0 Å². The highest BCUT2D eigenvalue weighted by atomic mass is 19.1. The van der Waals surface area contributed by atoms with Gasteiger partial charge in [0.15, 0.2) is 0 Å². The van der Waals surface area contributed by atoms with Crippen molar-refractivity contribution in [3.05, 3.63) is 53.6 Å². The van der Waals surface area contributed by atoms with Gasteiger partial charge in [0.05, 0.1) is 6.20 Å². The fraction of sp³-hybridized carbons (Fsp3) is 0.471. The van der Waals surface area contributed by atoms with Crippen LogP contribution >= 0.6 is 0 Å². The molecule has 2 N–H and O–H groups in total. The lowest BCUT2D eigenvalue weighted by Gasteiger charge is -2.38. The predicted octanol–water partition coefficient (Wildman–Crippen LogP) is 2.30. The second kappa shape index (κ2) is 5.82. The Kier molecular flexibility index (Phi) is 4.02. The van der Waals surface area contributed by atoms with Crippen molar-refractivity contribution in [2.24, 2.45) is 7.05 Å². The first-order valence-electron chi connectivity index (χ1n) is 7.64. The SMILES string of the molecule is Cn1cc([C@@](C)(O)CNC2CC(c3ccc(F)cc3)C2)cn1. The monoisotopic (exact) mass is 303 g/mol. The minimum Gasteiger partial charge on any atom is -0.384 e. The second-order valence-electron chi connectivity index (χ2n) is 6.47. The Morgan fingerprint density at radius 2 is 2.05 bits per heavy atom. The van der Waals surface area contributed by atoms with E-state index in [-0.39, 0.29) is 5.82 Å². The van der Waals surface area contributed by atoms with Gasteiger partial charge in [-0.3, -0.25) is 4.68 Å². The maximum Gasteiger partial charge on any atom is 0.123 e. The lowest BCUT2D eigenvalue weighted by Crippen LogP contribution is -2.46. The molecule has 1 aromatic heterocycles. The molecule has 1 heterocycles. The third kappa shape index (κ3) is 3.20. The topological polar surface area (TPSA) is 50.1 Å². The molecule has 3 rings (SSSR count). The maximum absolute atomic E-state index is 12.9. The molecule has 0 amide bonds. The number of nitrogens with zero attached hydrogens (tertiary/aromatic N) is 2. The van der Waals surface area contributed by atoms with Crippen molar-refractivity contribution in [3.63, 3.8) is 0 Å². The van der Waals surface area contributed by atoms with Crippen LogP contribution in [0.2, 0.25) is 0 Å². The van der Waals surface area contributed by atoms with E-state index in [2.05, 4.69) is 10.4 Å². The molecular weight excluding hydrogens is 281 g/mol. The molecule has 1 aliphatic rings. The number of rotatable bonds is 5. The van der Waals surface area contributed by atoms with Crippen molar-refractivity contribution in [2.75, 3.05) is 6.54 Å². The number of aromatic nitrogens is 2. The van der Waals surface area contributed by atoms with E-state index in [1.165, 1.54) is 17.7 Å². The lowest BCUT2D eigenvalue weighted by atomic mass is 9.75. The van der Waals surface area contributed by atoms with Gasteiger partial charge in [-0.25, -0.2) is 4.39 Å². The molecule has 0 aliphatic heterocycles. The summed E-state index contributed by atoms with van der Waals surface area (Å²) < 4.78 is 14.6. The number of benzene rings is 1. The van der Waals surface area contributed by atoms with Crippen LogP contribution in [0.1, 0.15) is 36.8 Å². The quantitative estimate of drug-likeness (QED) is 0.891. The number of hydrogen-bond donors (Lipinski definition) is 2. The third-order valence-corrected chi connectivity index (χ3v) is 4.54. The van der Waals surface area contributed by atoms with Gasteiger partial charge in [-0.15, -0.1) is 0 Å². The van der Waals surface area contributed by atoms with Gasteiger partial charge in [0.2, 0.25) is 0 Å². The first-order valence-corrected chi connectivity index (χ1v) is 7.64. The molecule has 1 aromatic carbocycles. The molecule has 0 radical (unpaired) electrons. The van der Waals surface area contributed by atoms with E-state index in [1.54, 1.807) is 17.8 Å². The van der Waals surface area contributed by atoms with E-state index in [9.17, 15) is 9.50 Å². The molecule has 2 aromatic rings. The molecular formula is C17H22FN3O. The molecule has 1 fully saturated rings. The molecule has 1 atom stereocenters. The maximum atomic E-state index is 12.9. The van der Waals surface area contributed by atoms with Crippen molar-refractivity contribution in [1.82, 2.24) is 15.1 Å². The summed E-state index contributed by atoms with van der Waals surface area (Å²) in [4.78, 5) is 0. The standard InChI is InChI=1S/C17H22FN3O/c1-17(22,14-9-20-21(2)10-14)11-19-16-7-13(8-16)12-3-5-15(18)6-4-12/h3-6,9-10,13,16,19,22H,7-8,11H2,1-2H3/t13?,16?,17-/m0/s1. The molecule has 0 bridgehead atoms. The zero-order valence-electron chi connectivity index (χ0n) is 13.0. The highest BCUT2D eigenvalue weighted by Crippen LogP contribution is 2.37. The highest BCUT2D eigenvalue weighted by Gasteiger charge is 2.32. The molecule has 1 saturated carbocycles. The number of hydrogen-bond acceptors (Lipinski definition) is 3. The van der Waals surface area contributed by atoms with Crippen molar-refractivity contribution < 1.29 is 9.50 Å². The molecule has 4 nitrogen and oxygen atoms in total. The Morgan fingerprint density at radius 3 is 2.64 bits per heavy atom. The Morgan fingerprint density at radius 1 is 1.36 bits per heavy atom. The number of aryl methyl sites for hydroxylation is 1. The van der Waals surface area contributed by atoms with E-state index >= 15 is 0 Å². The van der Waals surface area contributed by atoms with Crippen LogP contribution in [0.4, 0.5) is 4.39 Å². The average molecular weight is 303 g/mol. The lowest BCUT2D eigenvalue weighted by molar-refractivity contribution is 0.0489. The van der Waals surface area contributed by atoms with Gasteiger partial charge in [-0.05, 0) is 43.4 Å². The molecule has 0 spiro atoms. The summed E-state index contributed by atoms with van der Waals surface area (Å²) in [6, 6.07) is 7.16. The van der Waals surface area contributed by atoms with Gasteiger partial charge >= 0.3 is 0 Å². The van der Waals surface area contributed by atoms with Crippen LogP contribution in [0.5, 0.6) is 0 Å². The largest absolute Gasteiger partial charge is 0.384 e. The van der Waals surface area contributed by atoms with E-state index in [1.807, 2.05) is 25.4 Å². The molecule has 0 saturated heterocycles. The normalized spacial score (nSPS) is 23.8. The molecule has 22 heavy (non-hydrogen) atoms. The minimum atomic E-state index is -0.921. The van der Waals surface area contributed by atoms with Gasteiger partial charge in [0, 0.05) is 31.4 Å². The van der Waals surface area contributed by atoms with Crippen LogP contribution in [0, 0.1) is 5.82 Å². The summed E-state index contributed by atoms with van der Waals surface area (Å²) in [6.07, 6.45) is 5.58. The number of nitrogens with one attached hydrogen (secondary N) is 1. The van der Waals surface area contributed by atoms with Gasteiger partial charge in [0.1, 0.15) is 11.4 Å². The van der Waals surface area contributed by atoms with Crippen LogP contribution in [-0.4, -0.2) is 27.5 Å². The van der Waals surface area contributed by atoms with Crippen LogP contribution in [0.15, 0.2) is 36.7 Å². The number of halogens is 1. The van der Waals surface area contributed by atoms with E-state index in [4.69, 9.17) is 0 Å². The zero-order valence-corrected chi connectivity index (χ0v) is 13.0. The first-order chi connectivity index (χ1) is 10.4. The molecule has 1 aliphatic carbocycles. The van der Waals surface area contributed by atoms with E-state index in [0.29, 0.717) is 18.5 Å². The highest BCUT2D eigenvalue weighted by molar-refractivity contribution is 5.23. The Balaban J connectivity index is 1.49. The summed E-state index contributed by atoms with van der Waals surface area (Å²) in [5.41, 5.74) is 1.09. The first kappa shape index (κ1) is 15.2. The molecule has 0 unspecified atom stereocenters. The minimum absolute atomic E-state index is 0.190. The summed E-state index contributed by atoms with van der Waals surface area (Å²) in [5, 5.41) is 18.0. The Bertz CT molecular complexity index is 630. The van der Waals surface area contributed by atoms with E-state index in [0.717, 1.165) is 18.4 Å². The Hall–Kier alpha value is -1.72. The third-order valence-electron chi connectivity index (χ3n) is 4.54. The smallest absolute Gasteiger partial charge is 0.123 e. The zero-order chi connectivity index (χ0) is 15.7. The summed E-state index contributed by atoms with van der Waals surface area (Å²) >= 11 is 0. The van der Waals surface area contributed by atoms with Crippen LogP contribution in [0.3, 0.4) is 0 Å². The summed E-state index contributed by atoms with van der Waals surface area (Å²) in [7, 11) is 1.84. The molecule has 118 valence electrons. The fourth-order valence-electron chi connectivity index (χ4n) is 2.94. The Labute approximate surface area is 130 Å². The summed E-state index contributed by atoms with van der Waals surface area (Å²) in [5.74, 6) is 0.298. The predicted molar refractivity (Wildman–Crippen MR) is 82.9 cm³/mol.